The summed E-state index contributed by atoms with van der Waals surface area (Å²) in [6, 6.07) is 13.6. The van der Waals surface area contributed by atoms with E-state index in [1.807, 2.05) is 6.92 Å². The number of aliphatic imine (C=N–C) groups is 1. The zero-order valence-corrected chi connectivity index (χ0v) is 15.4. The summed E-state index contributed by atoms with van der Waals surface area (Å²) in [6.45, 7) is 1.91. The summed E-state index contributed by atoms with van der Waals surface area (Å²) >= 11 is 0. The summed E-state index contributed by atoms with van der Waals surface area (Å²) in [6.07, 6.45) is 1.45. The molecule has 1 aromatic carbocycles. The Morgan fingerprint density at radius 2 is 1.75 bits per heavy atom. The molecule has 1 aliphatic rings. The molecule has 2 atom stereocenters. The number of halogens is 2. The lowest BCUT2D eigenvalue weighted by Gasteiger charge is -2.34. The number of benzene rings is 1. The van der Waals surface area contributed by atoms with Crippen LogP contribution in [-0.4, -0.2) is 21.4 Å². The molecule has 0 aliphatic carbocycles. The highest BCUT2D eigenvalue weighted by atomic mass is 19.1. The molecule has 4 rings (SSSR count). The van der Waals surface area contributed by atoms with Gasteiger partial charge in [-0.15, -0.1) is 0 Å². The second-order valence-electron chi connectivity index (χ2n) is 6.77. The first-order chi connectivity index (χ1) is 13.4. The maximum absolute atomic E-state index is 13.5. The van der Waals surface area contributed by atoms with Gasteiger partial charge in [0.2, 0.25) is 5.95 Å². The molecule has 0 unspecified atom stereocenters. The number of rotatable bonds is 3. The third-order valence-electron chi connectivity index (χ3n) is 5.17. The maximum Gasteiger partial charge on any atom is 0.250 e. The summed E-state index contributed by atoms with van der Waals surface area (Å²) in [5, 5.41) is 3.42. The van der Waals surface area contributed by atoms with Gasteiger partial charge in [-0.1, -0.05) is 24.3 Å². The summed E-state index contributed by atoms with van der Waals surface area (Å²) in [5.74, 6) is -0.412. The molecule has 142 valence electrons. The van der Waals surface area contributed by atoms with Crippen molar-refractivity contribution in [1.82, 2.24) is 14.9 Å². The number of pyridine rings is 2. The first-order valence-electron chi connectivity index (χ1n) is 8.82. The van der Waals surface area contributed by atoms with E-state index in [-0.39, 0.29) is 17.4 Å². The Bertz CT molecular complexity index is 1060. The highest BCUT2D eigenvalue weighted by Crippen LogP contribution is 2.38. The van der Waals surface area contributed by atoms with Gasteiger partial charge < -0.3 is 9.88 Å². The standard InChI is InChI=1S/C21H18F2N4O/c1-13-21(14-6-9-16(22)10-7-14,15-8-11-18(23)24-12-15)26-20(25-13)17-4-3-5-19(28)27(17)2/h3-13H,1-2H3,(H,25,26)/t13-,21-/m0/s1. The van der Waals surface area contributed by atoms with Gasteiger partial charge in [-0.25, -0.2) is 9.37 Å². The molecular weight excluding hydrogens is 362 g/mol. The smallest absolute Gasteiger partial charge is 0.250 e. The van der Waals surface area contributed by atoms with E-state index < -0.39 is 11.5 Å². The number of hydrogen-bond donors (Lipinski definition) is 1. The van der Waals surface area contributed by atoms with Crippen LogP contribution in [0.1, 0.15) is 23.7 Å². The fraction of sp³-hybridized carbons (Fsp3) is 0.190. The van der Waals surface area contributed by atoms with E-state index in [9.17, 15) is 13.6 Å². The van der Waals surface area contributed by atoms with Crippen molar-refractivity contribution in [1.29, 1.82) is 0 Å². The molecule has 0 saturated carbocycles. The van der Waals surface area contributed by atoms with Crippen molar-refractivity contribution in [2.24, 2.45) is 12.0 Å². The Balaban J connectivity index is 1.88. The first-order valence-corrected chi connectivity index (χ1v) is 8.82. The second-order valence-corrected chi connectivity index (χ2v) is 6.77. The van der Waals surface area contributed by atoms with Crippen LogP contribution in [0.25, 0.3) is 0 Å². The minimum Gasteiger partial charge on any atom is -0.353 e. The van der Waals surface area contributed by atoms with Crippen LogP contribution in [0.2, 0.25) is 0 Å². The van der Waals surface area contributed by atoms with Crippen molar-refractivity contribution in [2.45, 2.75) is 18.5 Å². The third kappa shape index (κ3) is 2.79. The van der Waals surface area contributed by atoms with Crippen LogP contribution < -0.4 is 10.9 Å². The molecule has 1 N–H and O–H groups in total. The van der Waals surface area contributed by atoms with Crippen LogP contribution in [0.15, 0.2) is 70.6 Å². The minimum atomic E-state index is -0.879. The SMILES string of the molecule is C[C@@H]1N=C(c2cccc(=O)n2C)N[C@@]1(c1ccc(F)cc1)c1ccc(F)nc1. The van der Waals surface area contributed by atoms with E-state index >= 15 is 0 Å². The lowest BCUT2D eigenvalue weighted by Crippen LogP contribution is -2.48. The van der Waals surface area contributed by atoms with Crippen molar-refractivity contribution in [3.63, 3.8) is 0 Å². The topological polar surface area (TPSA) is 59.3 Å². The molecule has 0 radical (unpaired) electrons. The molecule has 0 fully saturated rings. The molecule has 0 amide bonds. The van der Waals surface area contributed by atoms with E-state index in [0.29, 0.717) is 17.1 Å². The van der Waals surface area contributed by atoms with E-state index in [1.54, 1.807) is 37.4 Å². The van der Waals surface area contributed by atoms with Gasteiger partial charge in [-0.05, 0) is 36.8 Å². The lowest BCUT2D eigenvalue weighted by molar-refractivity contribution is 0.430. The maximum atomic E-state index is 13.5. The molecule has 2 aromatic heterocycles. The Kier molecular flexibility index (Phi) is 4.30. The fourth-order valence-corrected chi connectivity index (χ4v) is 3.66. The summed E-state index contributed by atoms with van der Waals surface area (Å²) in [7, 11) is 1.67. The predicted octanol–water partition coefficient (Wildman–Crippen LogP) is 2.74. The zero-order valence-electron chi connectivity index (χ0n) is 15.4. The molecule has 3 aromatic rings. The van der Waals surface area contributed by atoms with Crippen LogP contribution in [-0.2, 0) is 12.6 Å². The quantitative estimate of drug-likeness (QED) is 0.711. The first kappa shape index (κ1) is 18.0. The van der Waals surface area contributed by atoms with Crippen molar-refractivity contribution < 1.29 is 8.78 Å². The van der Waals surface area contributed by atoms with E-state index in [4.69, 9.17) is 4.99 Å². The molecule has 7 heteroatoms. The molecule has 28 heavy (non-hydrogen) atoms. The number of nitrogens with zero attached hydrogens (tertiary/aromatic N) is 3. The fourth-order valence-electron chi connectivity index (χ4n) is 3.66. The summed E-state index contributed by atoms with van der Waals surface area (Å²) in [4.78, 5) is 20.6. The number of hydrogen-bond acceptors (Lipinski definition) is 4. The van der Waals surface area contributed by atoms with E-state index in [0.717, 1.165) is 5.56 Å². The van der Waals surface area contributed by atoms with Crippen molar-refractivity contribution in [2.75, 3.05) is 0 Å². The Labute approximate surface area is 160 Å². The summed E-state index contributed by atoms with van der Waals surface area (Å²) < 4.78 is 28.5. The highest BCUT2D eigenvalue weighted by molar-refractivity contribution is 6.00. The van der Waals surface area contributed by atoms with Crippen LogP contribution in [0, 0.1) is 11.8 Å². The van der Waals surface area contributed by atoms with E-state index in [1.165, 1.54) is 35.0 Å². The van der Waals surface area contributed by atoms with Crippen LogP contribution in [0.4, 0.5) is 8.78 Å². The normalized spacial score (nSPS) is 21.3. The zero-order chi connectivity index (χ0) is 19.9. The average Bonchev–Trinajstić information content (AvgIpc) is 3.03. The van der Waals surface area contributed by atoms with Gasteiger partial charge in [-0.3, -0.25) is 9.79 Å². The van der Waals surface area contributed by atoms with Crippen molar-refractivity contribution in [3.8, 4) is 0 Å². The Morgan fingerprint density at radius 3 is 2.43 bits per heavy atom. The van der Waals surface area contributed by atoms with Gasteiger partial charge in [0, 0.05) is 24.9 Å². The average molecular weight is 380 g/mol. The second kappa shape index (κ2) is 6.67. The molecule has 0 bridgehead atoms. The number of nitrogens with one attached hydrogen (secondary N) is 1. The van der Waals surface area contributed by atoms with Crippen molar-refractivity contribution in [3.05, 3.63) is 99.7 Å². The lowest BCUT2D eigenvalue weighted by atomic mass is 9.79. The Morgan fingerprint density at radius 1 is 1.04 bits per heavy atom. The molecular formula is C21H18F2N4O. The largest absolute Gasteiger partial charge is 0.353 e. The van der Waals surface area contributed by atoms with Crippen LogP contribution in [0.3, 0.4) is 0 Å². The van der Waals surface area contributed by atoms with Crippen LogP contribution in [0.5, 0.6) is 0 Å². The molecule has 5 nitrogen and oxygen atoms in total. The Hall–Kier alpha value is -3.35. The van der Waals surface area contributed by atoms with Gasteiger partial charge in [0.1, 0.15) is 17.2 Å². The van der Waals surface area contributed by atoms with Crippen LogP contribution >= 0.6 is 0 Å². The molecule has 1 aliphatic heterocycles. The van der Waals surface area contributed by atoms with Gasteiger partial charge in [0.15, 0.2) is 0 Å². The third-order valence-corrected chi connectivity index (χ3v) is 5.17. The molecule has 0 saturated heterocycles. The monoisotopic (exact) mass is 380 g/mol. The molecule has 3 heterocycles. The molecule has 0 spiro atoms. The van der Waals surface area contributed by atoms with Gasteiger partial charge in [0.25, 0.3) is 5.56 Å². The van der Waals surface area contributed by atoms with Gasteiger partial charge in [0.05, 0.1) is 11.7 Å². The van der Waals surface area contributed by atoms with Gasteiger partial charge in [-0.2, -0.15) is 4.39 Å². The van der Waals surface area contributed by atoms with E-state index in [2.05, 4.69) is 10.3 Å². The minimum absolute atomic E-state index is 0.155. The van der Waals surface area contributed by atoms with Crippen molar-refractivity contribution >= 4 is 5.84 Å². The number of aromatic nitrogens is 2. The van der Waals surface area contributed by atoms with Gasteiger partial charge >= 0.3 is 0 Å². The summed E-state index contributed by atoms with van der Waals surface area (Å²) in [5.41, 5.74) is 1.04. The number of amidine groups is 1. The highest BCUT2D eigenvalue weighted by Gasteiger charge is 2.45. The predicted molar refractivity (Wildman–Crippen MR) is 102 cm³/mol.